The molecule has 1 fully saturated rings. The molecule has 1 aromatic heterocycles. The number of aromatic nitrogens is 1. The van der Waals surface area contributed by atoms with Gasteiger partial charge in [-0.2, -0.15) is 4.57 Å². The molecule has 10 nitrogen and oxygen atoms in total. The van der Waals surface area contributed by atoms with Crippen molar-refractivity contribution in [3.05, 3.63) is 59.9 Å². The van der Waals surface area contributed by atoms with E-state index in [4.69, 9.17) is 9.47 Å². The summed E-state index contributed by atoms with van der Waals surface area (Å²) in [6.45, 7) is 0.474. The van der Waals surface area contributed by atoms with Crippen LogP contribution in [0.1, 0.15) is 26.9 Å². The molecule has 0 unspecified atom stereocenters. The van der Waals surface area contributed by atoms with E-state index in [9.17, 15) is 24.9 Å². The lowest BCUT2D eigenvalue weighted by Crippen LogP contribution is -2.46. The van der Waals surface area contributed by atoms with E-state index in [2.05, 4.69) is 5.32 Å². The fourth-order valence-electron chi connectivity index (χ4n) is 3.21. The second-order valence-corrected chi connectivity index (χ2v) is 7.74. The molecule has 4 atom stereocenters. The first-order chi connectivity index (χ1) is 15.3. The summed E-state index contributed by atoms with van der Waals surface area (Å²) in [5.74, 6) is -0.847. The molecule has 0 aliphatic carbocycles. The number of anilines is 1. The predicted molar refractivity (Wildman–Crippen MR) is 113 cm³/mol. The van der Waals surface area contributed by atoms with E-state index in [-0.39, 0.29) is 12.2 Å². The van der Waals surface area contributed by atoms with Crippen LogP contribution in [-0.2, 0) is 9.47 Å². The number of aliphatic hydroxyl groups is 3. The molecule has 1 aliphatic rings. The quantitative estimate of drug-likeness (QED) is 0.317. The van der Waals surface area contributed by atoms with Gasteiger partial charge in [0.2, 0.25) is 0 Å². The molecule has 0 saturated carbocycles. The van der Waals surface area contributed by atoms with Crippen LogP contribution in [0.4, 0.5) is 5.69 Å². The molecular formula is C22H28N3O7+. The lowest BCUT2D eigenvalue weighted by molar-refractivity contribution is -0.765. The van der Waals surface area contributed by atoms with Crippen molar-refractivity contribution < 1.29 is 38.9 Å². The van der Waals surface area contributed by atoms with Gasteiger partial charge in [-0.1, -0.05) is 0 Å². The van der Waals surface area contributed by atoms with Crippen LogP contribution in [0.2, 0.25) is 0 Å². The number of hydrogen-bond donors (Lipinski definition) is 4. The molecule has 2 aromatic rings. The van der Waals surface area contributed by atoms with E-state index >= 15 is 0 Å². The molecule has 172 valence electrons. The number of aliphatic hydroxyl groups excluding tert-OH is 3. The number of carbonyl (C=O) groups is 2. The zero-order valence-electron chi connectivity index (χ0n) is 17.9. The number of amides is 1. The Morgan fingerprint density at radius 1 is 1.12 bits per heavy atom. The van der Waals surface area contributed by atoms with Gasteiger partial charge >= 0.3 is 5.97 Å². The Kier molecular flexibility index (Phi) is 7.89. The normalized spacial score (nSPS) is 22.7. The fraction of sp³-hybridized carbons (Fsp3) is 0.409. The average Bonchev–Trinajstić information content (AvgIpc) is 3.08. The van der Waals surface area contributed by atoms with E-state index in [1.165, 1.54) is 10.8 Å². The molecule has 4 N–H and O–H groups in total. The molecule has 10 heteroatoms. The third-order valence-electron chi connectivity index (χ3n) is 5.05. The van der Waals surface area contributed by atoms with Gasteiger partial charge < -0.3 is 35.0 Å². The molecular weight excluding hydrogens is 418 g/mol. The molecule has 32 heavy (non-hydrogen) atoms. The number of nitrogens with one attached hydrogen (secondary N) is 1. The minimum atomic E-state index is -1.25. The molecule has 3 rings (SSSR count). The molecule has 0 spiro atoms. The highest BCUT2D eigenvalue weighted by Crippen LogP contribution is 2.25. The van der Waals surface area contributed by atoms with Crippen LogP contribution < -0.4 is 9.88 Å². The van der Waals surface area contributed by atoms with E-state index in [1.54, 1.807) is 42.6 Å². The van der Waals surface area contributed by atoms with Crippen LogP contribution in [0.5, 0.6) is 0 Å². The maximum atomic E-state index is 12.7. The number of benzene rings is 1. The summed E-state index contributed by atoms with van der Waals surface area (Å²) in [4.78, 5) is 26.6. The van der Waals surface area contributed by atoms with Crippen molar-refractivity contribution in [1.29, 1.82) is 0 Å². The third-order valence-corrected chi connectivity index (χ3v) is 5.05. The largest absolute Gasteiger partial charge is 0.461 e. The third kappa shape index (κ3) is 5.67. The lowest BCUT2D eigenvalue weighted by Gasteiger charge is -2.11. The highest BCUT2D eigenvalue weighted by molar-refractivity contribution is 6.04. The molecule has 0 radical (unpaired) electrons. The van der Waals surface area contributed by atoms with Crippen molar-refractivity contribution in [2.24, 2.45) is 0 Å². The van der Waals surface area contributed by atoms with Gasteiger partial charge in [-0.05, 0) is 44.4 Å². The Labute approximate surface area is 185 Å². The number of nitrogens with zero attached hydrogens (tertiary/aromatic N) is 2. The minimum absolute atomic E-state index is 0.286. The van der Waals surface area contributed by atoms with Crippen molar-refractivity contribution in [2.75, 3.05) is 39.2 Å². The molecule has 1 amide bonds. The number of rotatable bonds is 8. The van der Waals surface area contributed by atoms with Crippen molar-refractivity contribution >= 4 is 17.6 Å². The van der Waals surface area contributed by atoms with Gasteiger partial charge in [0, 0.05) is 18.3 Å². The molecule has 0 bridgehead atoms. The Bertz CT molecular complexity index is 935. The van der Waals surface area contributed by atoms with Crippen molar-refractivity contribution in [1.82, 2.24) is 4.90 Å². The van der Waals surface area contributed by atoms with E-state index in [0.717, 1.165) is 0 Å². The lowest BCUT2D eigenvalue weighted by atomic mass is 10.1. The Morgan fingerprint density at radius 3 is 2.47 bits per heavy atom. The Morgan fingerprint density at radius 2 is 1.84 bits per heavy atom. The van der Waals surface area contributed by atoms with Crippen molar-refractivity contribution in [3.8, 4) is 0 Å². The van der Waals surface area contributed by atoms with Crippen LogP contribution >= 0.6 is 0 Å². The van der Waals surface area contributed by atoms with Gasteiger partial charge in [0.05, 0.1) is 12.2 Å². The minimum Gasteiger partial charge on any atom is -0.461 e. The second kappa shape index (κ2) is 10.6. The Balaban J connectivity index is 1.63. The van der Waals surface area contributed by atoms with Crippen molar-refractivity contribution in [3.63, 3.8) is 0 Å². The number of hydrogen-bond acceptors (Lipinski definition) is 8. The van der Waals surface area contributed by atoms with Crippen LogP contribution in [-0.4, -0.2) is 84.3 Å². The zero-order chi connectivity index (χ0) is 23.3. The standard InChI is InChI=1S/C22H27N3O7/c1-24(2)10-11-31-22(30)14-5-7-16(8-6-14)23-20(29)15-4-3-9-25(12-15)21-19(28)18(27)17(13-26)32-21/h3-9,12,17-19,21,26-28H,10-11,13H2,1-2H3/p+1/t17-,18-,19-,21-/m1/s1. The van der Waals surface area contributed by atoms with Crippen LogP contribution in [0, 0.1) is 0 Å². The fourth-order valence-corrected chi connectivity index (χ4v) is 3.21. The highest BCUT2D eigenvalue weighted by atomic mass is 16.6. The second-order valence-electron chi connectivity index (χ2n) is 7.74. The predicted octanol–water partition coefficient (Wildman–Crippen LogP) is -0.444. The van der Waals surface area contributed by atoms with Gasteiger partial charge in [0.25, 0.3) is 12.1 Å². The average molecular weight is 446 g/mol. The smallest absolute Gasteiger partial charge is 0.338 e. The number of pyridine rings is 1. The zero-order valence-corrected chi connectivity index (χ0v) is 17.9. The molecule has 2 heterocycles. The van der Waals surface area contributed by atoms with Gasteiger partial charge in [0.15, 0.2) is 18.5 Å². The summed E-state index contributed by atoms with van der Waals surface area (Å²) in [6.07, 6.45) is -1.26. The SMILES string of the molecule is CN(C)CCOC(=O)c1ccc(NC(=O)c2ccc[n+]([C@@H]3O[C@H](CO)[C@@H](O)[C@H]3O)c2)cc1. The summed E-state index contributed by atoms with van der Waals surface area (Å²) in [5.41, 5.74) is 1.16. The van der Waals surface area contributed by atoms with Crippen LogP contribution in [0.15, 0.2) is 48.8 Å². The topological polar surface area (TPSA) is 132 Å². The van der Waals surface area contributed by atoms with Crippen molar-refractivity contribution in [2.45, 2.75) is 24.5 Å². The molecule has 1 aromatic carbocycles. The summed E-state index contributed by atoms with van der Waals surface area (Å²) in [6, 6.07) is 9.53. The summed E-state index contributed by atoms with van der Waals surface area (Å²) < 4.78 is 12.1. The molecule has 1 saturated heterocycles. The van der Waals surface area contributed by atoms with Gasteiger partial charge in [0.1, 0.15) is 24.4 Å². The first kappa shape index (κ1) is 23.8. The maximum absolute atomic E-state index is 12.7. The van der Waals surface area contributed by atoms with Crippen LogP contribution in [0.3, 0.4) is 0 Å². The number of esters is 1. The Hall–Kier alpha value is -2.89. The first-order valence-corrected chi connectivity index (χ1v) is 10.2. The number of ether oxygens (including phenoxy) is 2. The maximum Gasteiger partial charge on any atom is 0.338 e. The number of carbonyl (C=O) groups excluding carboxylic acids is 2. The van der Waals surface area contributed by atoms with E-state index < -0.39 is 43.0 Å². The summed E-state index contributed by atoms with van der Waals surface area (Å²) >= 11 is 0. The summed E-state index contributed by atoms with van der Waals surface area (Å²) in [5, 5.41) is 32.1. The molecule has 1 aliphatic heterocycles. The van der Waals surface area contributed by atoms with Crippen LogP contribution in [0.25, 0.3) is 0 Å². The van der Waals surface area contributed by atoms with Gasteiger partial charge in [-0.3, -0.25) is 4.79 Å². The van der Waals surface area contributed by atoms with E-state index in [0.29, 0.717) is 17.8 Å². The number of likely N-dealkylation sites (N-methyl/N-ethyl adjacent to an activating group) is 1. The monoisotopic (exact) mass is 446 g/mol. The summed E-state index contributed by atoms with van der Waals surface area (Å²) in [7, 11) is 3.77. The first-order valence-electron chi connectivity index (χ1n) is 10.2. The van der Waals surface area contributed by atoms with Gasteiger partial charge in [-0.15, -0.1) is 0 Å². The van der Waals surface area contributed by atoms with Gasteiger partial charge in [-0.25, -0.2) is 4.79 Å². The highest BCUT2D eigenvalue weighted by Gasteiger charge is 2.48. The van der Waals surface area contributed by atoms with E-state index in [1.807, 2.05) is 19.0 Å².